The van der Waals surface area contributed by atoms with Crippen molar-refractivity contribution in [2.75, 3.05) is 13.1 Å². The van der Waals surface area contributed by atoms with Crippen molar-refractivity contribution in [3.8, 4) is 0 Å². The molecule has 1 spiro atoms. The predicted octanol–water partition coefficient (Wildman–Crippen LogP) is 2.41. The number of nitrogens with zero attached hydrogens (tertiary/aromatic N) is 1. The van der Waals surface area contributed by atoms with Crippen LogP contribution >= 0.6 is 0 Å². The largest absolute Gasteiger partial charge is 0.297 e. The van der Waals surface area contributed by atoms with E-state index in [0.717, 1.165) is 11.5 Å². The molecule has 3 aliphatic rings. The summed E-state index contributed by atoms with van der Waals surface area (Å²) in [5, 5.41) is 0. The topological polar surface area (TPSA) is 3.24 Å². The highest BCUT2D eigenvalue weighted by molar-refractivity contribution is 5.03. The van der Waals surface area contributed by atoms with Gasteiger partial charge < -0.3 is 0 Å². The SMILES string of the molecule is C1CCC23CCCC(CN2C1)C3. The maximum Gasteiger partial charge on any atom is 0.0212 e. The second kappa shape index (κ2) is 2.47. The molecule has 0 amide bonds. The van der Waals surface area contributed by atoms with Gasteiger partial charge in [-0.05, 0) is 44.6 Å². The van der Waals surface area contributed by atoms with Crippen LogP contribution in [-0.4, -0.2) is 23.5 Å². The summed E-state index contributed by atoms with van der Waals surface area (Å²) in [5.41, 5.74) is 0.723. The van der Waals surface area contributed by atoms with E-state index in [1.165, 1.54) is 51.6 Å². The predicted molar refractivity (Wildman–Crippen MR) is 50.1 cm³/mol. The summed E-state index contributed by atoms with van der Waals surface area (Å²) in [4.78, 5) is 2.83. The molecular formula is C11H19N. The highest BCUT2D eigenvalue weighted by atomic mass is 15.2. The van der Waals surface area contributed by atoms with Crippen molar-refractivity contribution in [2.24, 2.45) is 5.92 Å². The molecule has 0 aromatic heterocycles. The summed E-state index contributed by atoms with van der Waals surface area (Å²) in [5.74, 6) is 1.08. The zero-order valence-corrected chi connectivity index (χ0v) is 7.89. The number of fused-ring (bicyclic) bond motifs is 1. The third-order valence-corrected chi connectivity index (χ3v) is 4.39. The first-order valence-corrected chi connectivity index (χ1v) is 5.64. The fraction of sp³-hybridized carbons (Fsp3) is 1.00. The van der Waals surface area contributed by atoms with Crippen molar-refractivity contribution < 1.29 is 0 Å². The molecule has 2 aliphatic heterocycles. The van der Waals surface area contributed by atoms with Gasteiger partial charge in [-0.15, -0.1) is 0 Å². The average Bonchev–Trinajstić information content (AvgIpc) is 2.35. The molecule has 0 radical (unpaired) electrons. The maximum absolute atomic E-state index is 2.83. The lowest BCUT2D eigenvalue weighted by Gasteiger charge is -2.43. The van der Waals surface area contributed by atoms with Gasteiger partial charge in [0.1, 0.15) is 0 Å². The van der Waals surface area contributed by atoms with Crippen LogP contribution in [0.2, 0.25) is 0 Å². The van der Waals surface area contributed by atoms with Gasteiger partial charge in [0.05, 0.1) is 0 Å². The minimum atomic E-state index is 0.723. The fourth-order valence-electron chi connectivity index (χ4n) is 3.88. The van der Waals surface area contributed by atoms with Crippen LogP contribution in [0, 0.1) is 5.92 Å². The van der Waals surface area contributed by atoms with Crippen LogP contribution in [-0.2, 0) is 0 Å². The molecule has 0 aromatic rings. The van der Waals surface area contributed by atoms with Crippen LogP contribution in [0.25, 0.3) is 0 Å². The molecule has 2 heterocycles. The van der Waals surface area contributed by atoms with E-state index in [-0.39, 0.29) is 0 Å². The van der Waals surface area contributed by atoms with E-state index in [9.17, 15) is 0 Å². The van der Waals surface area contributed by atoms with E-state index in [0.29, 0.717) is 0 Å². The van der Waals surface area contributed by atoms with E-state index in [2.05, 4.69) is 4.90 Å². The summed E-state index contributed by atoms with van der Waals surface area (Å²) in [6, 6.07) is 0. The normalized spacial score (nSPS) is 47.5. The Bertz CT molecular complexity index is 185. The van der Waals surface area contributed by atoms with E-state index in [1.807, 2.05) is 0 Å². The molecule has 1 saturated carbocycles. The first-order valence-electron chi connectivity index (χ1n) is 5.64. The first kappa shape index (κ1) is 7.37. The van der Waals surface area contributed by atoms with Crippen LogP contribution in [0.3, 0.4) is 0 Å². The van der Waals surface area contributed by atoms with E-state index < -0.39 is 0 Å². The lowest BCUT2D eigenvalue weighted by molar-refractivity contribution is 0.0784. The second-order valence-corrected chi connectivity index (χ2v) is 5.09. The van der Waals surface area contributed by atoms with Gasteiger partial charge in [-0.25, -0.2) is 0 Å². The van der Waals surface area contributed by atoms with Gasteiger partial charge in [-0.2, -0.15) is 0 Å². The molecule has 1 aliphatic carbocycles. The van der Waals surface area contributed by atoms with Crippen molar-refractivity contribution in [3.63, 3.8) is 0 Å². The molecule has 68 valence electrons. The lowest BCUT2D eigenvalue weighted by atomic mass is 9.75. The molecule has 1 nitrogen and oxygen atoms in total. The molecule has 1 heteroatoms. The number of piperidine rings is 1. The first-order chi connectivity index (χ1) is 5.89. The molecule has 2 unspecified atom stereocenters. The van der Waals surface area contributed by atoms with E-state index >= 15 is 0 Å². The van der Waals surface area contributed by atoms with Gasteiger partial charge >= 0.3 is 0 Å². The average molecular weight is 165 g/mol. The van der Waals surface area contributed by atoms with Gasteiger partial charge in [0, 0.05) is 12.1 Å². The highest BCUT2D eigenvalue weighted by Crippen LogP contribution is 2.48. The molecular weight excluding hydrogens is 146 g/mol. The van der Waals surface area contributed by atoms with E-state index in [1.54, 1.807) is 6.42 Å². The summed E-state index contributed by atoms with van der Waals surface area (Å²) in [6.45, 7) is 2.86. The van der Waals surface area contributed by atoms with Crippen molar-refractivity contribution in [1.29, 1.82) is 0 Å². The molecule has 2 atom stereocenters. The summed E-state index contributed by atoms with van der Waals surface area (Å²) in [7, 11) is 0. The monoisotopic (exact) mass is 165 g/mol. The quantitative estimate of drug-likeness (QED) is 0.533. The third-order valence-electron chi connectivity index (χ3n) is 4.39. The Hall–Kier alpha value is -0.0400. The van der Waals surface area contributed by atoms with Crippen molar-refractivity contribution in [3.05, 3.63) is 0 Å². The van der Waals surface area contributed by atoms with Gasteiger partial charge in [-0.3, -0.25) is 4.90 Å². The number of hydrogen-bond donors (Lipinski definition) is 0. The fourth-order valence-corrected chi connectivity index (χ4v) is 3.88. The van der Waals surface area contributed by atoms with Crippen LogP contribution in [0.15, 0.2) is 0 Å². The molecule has 3 rings (SSSR count). The van der Waals surface area contributed by atoms with Crippen LogP contribution in [0.1, 0.15) is 44.9 Å². The third kappa shape index (κ3) is 0.891. The molecule has 3 fully saturated rings. The van der Waals surface area contributed by atoms with Gasteiger partial charge in [0.15, 0.2) is 0 Å². The van der Waals surface area contributed by atoms with Crippen LogP contribution in [0.5, 0.6) is 0 Å². The smallest absolute Gasteiger partial charge is 0.0212 e. The van der Waals surface area contributed by atoms with Crippen molar-refractivity contribution >= 4 is 0 Å². The van der Waals surface area contributed by atoms with Crippen LogP contribution < -0.4 is 0 Å². The maximum atomic E-state index is 2.83. The molecule has 2 bridgehead atoms. The Morgan fingerprint density at radius 3 is 3.00 bits per heavy atom. The van der Waals surface area contributed by atoms with Gasteiger partial charge in [0.25, 0.3) is 0 Å². The van der Waals surface area contributed by atoms with E-state index in [4.69, 9.17) is 0 Å². The number of rotatable bonds is 0. The molecule has 12 heavy (non-hydrogen) atoms. The van der Waals surface area contributed by atoms with Gasteiger partial charge in [-0.1, -0.05) is 12.8 Å². The summed E-state index contributed by atoms with van der Waals surface area (Å²) in [6.07, 6.45) is 10.6. The Balaban J connectivity index is 1.89. The Kier molecular flexibility index (Phi) is 1.52. The Morgan fingerprint density at radius 2 is 2.00 bits per heavy atom. The molecule has 2 saturated heterocycles. The van der Waals surface area contributed by atoms with Crippen LogP contribution in [0.4, 0.5) is 0 Å². The van der Waals surface area contributed by atoms with Crippen molar-refractivity contribution in [1.82, 2.24) is 4.90 Å². The van der Waals surface area contributed by atoms with Crippen molar-refractivity contribution in [2.45, 2.75) is 50.5 Å². The Labute approximate surface area is 75.1 Å². The second-order valence-electron chi connectivity index (χ2n) is 5.09. The molecule has 0 aromatic carbocycles. The zero-order valence-electron chi connectivity index (χ0n) is 7.89. The summed E-state index contributed by atoms with van der Waals surface area (Å²) >= 11 is 0. The Morgan fingerprint density at radius 1 is 1.08 bits per heavy atom. The minimum Gasteiger partial charge on any atom is -0.297 e. The summed E-state index contributed by atoms with van der Waals surface area (Å²) < 4.78 is 0. The molecule has 0 N–H and O–H groups in total. The minimum absolute atomic E-state index is 0.723. The van der Waals surface area contributed by atoms with Gasteiger partial charge in [0.2, 0.25) is 0 Å². The standard InChI is InChI=1S/C11H19N/c1-2-7-12-9-10-4-3-6-11(12,5-1)8-10/h10H,1-9H2. The zero-order chi connectivity index (χ0) is 8.02. The lowest BCUT2D eigenvalue weighted by Crippen LogP contribution is -2.47. The number of hydrogen-bond acceptors (Lipinski definition) is 1. The highest BCUT2D eigenvalue weighted by Gasteiger charge is 2.48.